The summed E-state index contributed by atoms with van der Waals surface area (Å²) in [6.07, 6.45) is 12.7. The Hall–Kier alpha value is -3.74. The summed E-state index contributed by atoms with van der Waals surface area (Å²) in [5, 5.41) is 14.5. The molecule has 11 rings (SSSR count). The number of thiophene rings is 1. The van der Waals surface area contributed by atoms with E-state index in [0.29, 0.717) is 19.5 Å². The highest BCUT2D eigenvalue weighted by Crippen LogP contribution is 2.79. The topological polar surface area (TPSA) is 66.8 Å². The van der Waals surface area contributed by atoms with Crippen LogP contribution in [0.1, 0.15) is 74.0 Å². The molecule has 1 saturated heterocycles. The number of aliphatic hydroxyl groups is 1. The van der Waals surface area contributed by atoms with Gasteiger partial charge in [-0.05, 0) is 96.1 Å². The molecule has 2 bridgehead atoms. The van der Waals surface area contributed by atoms with E-state index in [-0.39, 0.29) is 46.1 Å². The van der Waals surface area contributed by atoms with Gasteiger partial charge in [0, 0.05) is 33.1 Å². The number of ketones is 1. The summed E-state index contributed by atoms with van der Waals surface area (Å²) >= 11 is 1.59. The quantitative estimate of drug-likeness (QED) is 0.174. The van der Waals surface area contributed by atoms with Gasteiger partial charge in [0.25, 0.3) is 0 Å². The summed E-state index contributed by atoms with van der Waals surface area (Å²) in [6.45, 7) is 5.93. The molecule has 5 nitrogen and oxygen atoms in total. The van der Waals surface area contributed by atoms with Gasteiger partial charge in [-0.3, -0.25) is 9.69 Å². The van der Waals surface area contributed by atoms with E-state index in [2.05, 4.69) is 92.7 Å². The fourth-order valence-electron chi connectivity index (χ4n) is 12.4. The van der Waals surface area contributed by atoms with E-state index >= 15 is 4.79 Å². The third-order valence-corrected chi connectivity index (χ3v) is 15.9. The number of Topliss-reactive ketones (excluding diaryl/α,β-unsaturated/α-hetero) is 1. The zero-order valence-corrected chi connectivity index (χ0v) is 29.1. The van der Waals surface area contributed by atoms with Crippen LogP contribution in [0.3, 0.4) is 0 Å². The Kier molecular flexibility index (Phi) is 6.11. The van der Waals surface area contributed by atoms with Crippen molar-refractivity contribution in [3.05, 3.63) is 107 Å². The van der Waals surface area contributed by atoms with Crippen LogP contribution in [0.5, 0.6) is 0 Å². The fraction of sp³-hybridized carbons (Fsp3) is 0.442. The zero-order chi connectivity index (χ0) is 33.4. The first-order valence-electron chi connectivity index (χ1n) is 18.2. The van der Waals surface area contributed by atoms with Crippen LogP contribution in [-0.4, -0.2) is 40.1 Å². The van der Waals surface area contributed by atoms with E-state index in [1.54, 1.807) is 11.3 Å². The largest absolute Gasteiger partial charge is 0.440 e. The number of hydrogen-bond donors (Lipinski definition) is 1. The third kappa shape index (κ3) is 3.75. The van der Waals surface area contributed by atoms with Gasteiger partial charge < -0.3 is 9.84 Å². The lowest BCUT2D eigenvalue weighted by atomic mass is 9.32. The lowest BCUT2D eigenvalue weighted by Gasteiger charge is -2.71. The van der Waals surface area contributed by atoms with Crippen molar-refractivity contribution in [2.75, 3.05) is 6.54 Å². The van der Waals surface area contributed by atoms with Crippen molar-refractivity contribution in [1.82, 2.24) is 4.90 Å². The molecular formula is C43H43NO4S. The summed E-state index contributed by atoms with van der Waals surface area (Å²) in [5.41, 5.74) is 0.347. The molecule has 4 aromatic rings. The maximum absolute atomic E-state index is 15.0. The second-order valence-corrected chi connectivity index (χ2v) is 17.7. The van der Waals surface area contributed by atoms with E-state index in [9.17, 15) is 9.90 Å². The lowest BCUT2D eigenvalue weighted by molar-refractivity contribution is -0.164. The van der Waals surface area contributed by atoms with Crippen LogP contribution in [0.2, 0.25) is 0 Å². The normalized spacial score (nSPS) is 38.8. The van der Waals surface area contributed by atoms with Crippen LogP contribution in [-0.2, 0) is 11.3 Å². The smallest absolute Gasteiger partial charge is 0.410 e. The second-order valence-electron chi connectivity index (χ2n) is 16.6. The van der Waals surface area contributed by atoms with Crippen molar-refractivity contribution in [2.24, 2.45) is 33.5 Å². The summed E-state index contributed by atoms with van der Waals surface area (Å²) in [7, 11) is 0. The molecule has 3 aromatic carbocycles. The van der Waals surface area contributed by atoms with E-state index in [1.807, 2.05) is 17.0 Å². The van der Waals surface area contributed by atoms with Crippen LogP contribution in [0.25, 0.3) is 20.9 Å². The standard InChI is InChI=1S/C43H43NO4S/c1-39-17-14-30(45)23-41(39)20-21-43(32(24-41)37(46)34-22-28-9-4-6-13-33(28)49-34)35(39)15-18-40(2)36(43)16-19-42(40)26-44(38(47)48-42)25-29-11-7-10-27-8-3-5-12-31(27)29/h3-13,20-22,24,30,35-36,45H,14-19,23,25-26H2,1-2H3. The van der Waals surface area contributed by atoms with E-state index in [4.69, 9.17) is 4.74 Å². The molecule has 6 heteroatoms. The Bertz CT molecular complexity index is 2110. The predicted molar refractivity (Wildman–Crippen MR) is 193 cm³/mol. The first-order chi connectivity index (χ1) is 23.6. The molecule has 1 aromatic heterocycles. The lowest BCUT2D eigenvalue weighted by Crippen LogP contribution is -2.67. The molecule has 1 amide bonds. The van der Waals surface area contributed by atoms with Crippen molar-refractivity contribution >= 4 is 44.1 Å². The van der Waals surface area contributed by atoms with Crippen molar-refractivity contribution < 1.29 is 19.4 Å². The molecule has 6 aliphatic carbocycles. The van der Waals surface area contributed by atoms with E-state index in [1.165, 1.54) is 10.8 Å². The Balaban J connectivity index is 1.07. The highest BCUT2D eigenvalue weighted by Gasteiger charge is 2.76. The molecule has 250 valence electrons. The van der Waals surface area contributed by atoms with Crippen molar-refractivity contribution in [3.63, 3.8) is 0 Å². The number of carbonyl (C=O) groups excluding carboxylic acids is 2. The maximum atomic E-state index is 15.0. The number of rotatable bonds is 4. The molecule has 49 heavy (non-hydrogen) atoms. The molecule has 8 atom stereocenters. The number of hydrogen-bond acceptors (Lipinski definition) is 5. The van der Waals surface area contributed by atoms with Gasteiger partial charge in [-0.2, -0.15) is 0 Å². The Morgan fingerprint density at radius 3 is 2.49 bits per heavy atom. The molecular weight excluding hydrogens is 627 g/mol. The van der Waals surface area contributed by atoms with E-state index in [0.717, 1.165) is 64.6 Å². The highest BCUT2D eigenvalue weighted by molar-refractivity contribution is 7.21. The van der Waals surface area contributed by atoms with Gasteiger partial charge in [0.1, 0.15) is 5.60 Å². The molecule has 3 saturated carbocycles. The molecule has 1 aliphatic heterocycles. The number of carbonyl (C=O) groups is 2. The fourth-order valence-corrected chi connectivity index (χ4v) is 13.4. The Morgan fingerprint density at radius 1 is 0.898 bits per heavy atom. The summed E-state index contributed by atoms with van der Waals surface area (Å²) in [4.78, 5) is 31.6. The van der Waals surface area contributed by atoms with Gasteiger partial charge in [-0.1, -0.05) is 92.7 Å². The first kappa shape index (κ1) is 30.1. The van der Waals surface area contributed by atoms with Crippen LogP contribution in [0.4, 0.5) is 4.79 Å². The first-order valence-corrected chi connectivity index (χ1v) is 19.0. The van der Waals surface area contributed by atoms with Gasteiger partial charge >= 0.3 is 6.09 Å². The van der Waals surface area contributed by atoms with Gasteiger partial charge in [0.2, 0.25) is 0 Å². The minimum absolute atomic E-state index is 0.0469. The van der Waals surface area contributed by atoms with Crippen LogP contribution >= 0.6 is 11.3 Å². The number of ether oxygens (including phenoxy) is 1. The number of allylic oxidation sites excluding steroid dienone is 4. The van der Waals surface area contributed by atoms with Gasteiger partial charge in [-0.15, -0.1) is 11.3 Å². The van der Waals surface area contributed by atoms with Crippen molar-refractivity contribution in [3.8, 4) is 0 Å². The molecule has 1 N–H and O–H groups in total. The zero-order valence-electron chi connectivity index (χ0n) is 28.3. The van der Waals surface area contributed by atoms with Gasteiger partial charge in [0.15, 0.2) is 5.78 Å². The molecule has 7 aliphatic rings. The number of amides is 1. The average molecular weight is 670 g/mol. The summed E-state index contributed by atoms with van der Waals surface area (Å²) in [5.74, 6) is 0.586. The van der Waals surface area contributed by atoms with Crippen molar-refractivity contribution in [2.45, 2.75) is 77.0 Å². The number of nitrogens with zero attached hydrogens (tertiary/aromatic N) is 1. The van der Waals surface area contributed by atoms with E-state index < -0.39 is 11.0 Å². The van der Waals surface area contributed by atoms with Crippen LogP contribution < -0.4 is 0 Å². The monoisotopic (exact) mass is 669 g/mol. The molecule has 8 unspecified atom stereocenters. The number of fused-ring (bicyclic) bond motifs is 4. The third-order valence-electron chi connectivity index (χ3n) is 14.8. The SMILES string of the molecule is CC12CCC(O)CC13C=CC1(C(C(=O)c4cc5ccccc5s4)=C3)C2CCC2(C)C1CCC21CN(Cc2cccc3ccccc23)C(=O)O1. The van der Waals surface area contributed by atoms with Crippen molar-refractivity contribution in [1.29, 1.82) is 0 Å². The highest BCUT2D eigenvalue weighted by atomic mass is 32.1. The molecule has 3 spiro atoms. The minimum Gasteiger partial charge on any atom is -0.440 e. The van der Waals surface area contributed by atoms with Crippen LogP contribution in [0, 0.1) is 33.5 Å². The number of benzene rings is 3. The number of aliphatic hydroxyl groups excluding tert-OH is 1. The van der Waals surface area contributed by atoms with Gasteiger partial charge in [0.05, 0.1) is 17.5 Å². The minimum atomic E-state index is -0.603. The summed E-state index contributed by atoms with van der Waals surface area (Å²) in [6, 6.07) is 25.1. The Morgan fingerprint density at radius 2 is 1.63 bits per heavy atom. The Labute approximate surface area is 291 Å². The molecule has 2 heterocycles. The molecule has 0 radical (unpaired) electrons. The summed E-state index contributed by atoms with van der Waals surface area (Å²) < 4.78 is 7.78. The molecule has 4 fully saturated rings. The average Bonchev–Trinajstić information content (AvgIpc) is 3.77. The van der Waals surface area contributed by atoms with Gasteiger partial charge in [-0.25, -0.2) is 4.79 Å². The maximum Gasteiger partial charge on any atom is 0.410 e. The van der Waals surface area contributed by atoms with Crippen LogP contribution in [0.15, 0.2) is 96.6 Å². The predicted octanol–water partition coefficient (Wildman–Crippen LogP) is 9.49. The second kappa shape index (κ2) is 9.95.